The van der Waals surface area contributed by atoms with Crippen LogP contribution in [-0.2, 0) is 5.41 Å². The highest BCUT2D eigenvalue weighted by Gasteiger charge is 2.24. The number of nitrogens with one attached hydrogen (secondary N) is 1. The van der Waals surface area contributed by atoms with Crippen LogP contribution >= 0.6 is 0 Å². The molecule has 0 unspecified atom stereocenters. The first-order valence-corrected chi connectivity index (χ1v) is 7.35. The Hall–Kier alpha value is -1.77. The SMILES string of the molecule is Cc1cc2c(C(C)(C)C)ccc(C(=O)NC(C)(C)C)c2o1. The van der Waals surface area contributed by atoms with Gasteiger partial charge in [-0.2, -0.15) is 0 Å². The molecule has 0 radical (unpaired) electrons. The van der Waals surface area contributed by atoms with Crippen molar-refractivity contribution in [2.45, 2.75) is 59.4 Å². The number of carbonyl (C=O) groups excluding carboxylic acids is 1. The second-order valence-electron chi connectivity index (χ2n) is 7.71. The van der Waals surface area contributed by atoms with Gasteiger partial charge in [0.15, 0.2) is 0 Å². The van der Waals surface area contributed by atoms with Crippen LogP contribution in [0.4, 0.5) is 0 Å². The van der Waals surface area contributed by atoms with Crippen molar-refractivity contribution in [2.24, 2.45) is 0 Å². The van der Waals surface area contributed by atoms with E-state index in [0.29, 0.717) is 11.1 Å². The van der Waals surface area contributed by atoms with Gasteiger partial charge in [-0.1, -0.05) is 26.8 Å². The van der Waals surface area contributed by atoms with Gasteiger partial charge in [-0.3, -0.25) is 4.79 Å². The molecule has 2 rings (SSSR count). The van der Waals surface area contributed by atoms with Gasteiger partial charge in [-0.25, -0.2) is 0 Å². The molecular weight excluding hydrogens is 262 g/mol. The zero-order chi connectivity index (χ0) is 16.0. The van der Waals surface area contributed by atoms with E-state index in [4.69, 9.17) is 4.42 Å². The van der Waals surface area contributed by atoms with Crippen LogP contribution in [0.1, 0.15) is 63.2 Å². The Morgan fingerprint density at radius 3 is 2.24 bits per heavy atom. The molecule has 0 aliphatic rings. The summed E-state index contributed by atoms with van der Waals surface area (Å²) in [6.07, 6.45) is 0. The van der Waals surface area contributed by atoms with Crippen molar-refractivity contribution >= 4 is 16.9 Å². The third-order valence-corrected chi connectivity index (χ3v) is 3.35. The highest BCUT2D eigenvalue weighted by Crippen LogP contribution is 2.34. The van der Waals surface area contributed by atoms with Crippen LogP contribution in [0.2, 0.25) is 0 Å². The van der Waals surface area contributed by atoms with Gasteiger partial charge in [0.25, 0.3) is 5.91 Å². The normalized spacial score (nSPS) is 12.7. The van der Waals surface area contributed by atoms with E-state index < -0.39 is 0 Å². The van der Waals surface area contributed by atoms with Crippen LogP contribution < -0.4 is 5.32 Å². The second-order valence-corrected chi connectivity index (χ2v) is 7.71. The Morgan fingerprint density at radius 1 is 1.10 bits per heavy atom. The minimum Gasteiger partial charge on any atom is -0.461 e. The van der Waals surface area contributed by atoms with Crippen LogP contribution in [-0.4, -0.2) is 11.4 Å². The fraction of sp³-hybridized carbons (Fsp3) is 0.500. The molecule has 1 aromatic carbocycles. The summed E-state index contributed by atoms with van der Waals surface area (Å²) in [6, 6.07) is 5.92. The number of rotatable bonds is 1. The quantitative estimate of drug-likeness (QED) is 0.835. The molecule has 114 valence electrons. The molecule has 21 heavy (non-hydrogen) atoms. The van der Waals surface area contributed by atoms with E-state index in [1.807, 2.05) is 45.9 Å². The monoisotopic (exact) mass is 287 g/mol. The number of benzene rings is 1. The van der Waals surface area contributed by atoms with Gasteiger partial charge < -0.3 is 9.73 Å². The fourth-order valence-electron chi connectivity index (χ4n) is 2.49. The van der Waals surface area contributed by atoms with Gasteiger partial charge in [0.05, 0.1) is 5.56 Å². The zero-order valence-electron chi connectivity index (χ0n) is 14.0. The molecular formula is C18H25NO2. The third kappa shape index (κ3) is 3.29. The summed E-state index contributed by atoms with van der Waals surface area (Å²) in [5.41, 5.74) is 2.21. The van der Waals surface area contributed by atoms with Crippen LogP contribution in [0, 0.1) is 6.92 Å². The van der Waals surface area contributed by atoms with Crippen LogP contribution in [0.15, 0.2) is 22.6 Å². The summed E-state index contributed by atoms with van der Waals surface area (Å²) < 4.78 is 5.81. The Balaban J connectivity index is 2.61. The number of fused-ring (bicyclic) bond motifs is 1. The first-order chi connectivity index (χ1) is 9.49. The number of carbonyl (C=O) groups is 1. The molecule has 0 atom stereocenters. The molecule has 0 fully saturated rings. The second kappa shape index (κ2) is 4.90. The first kappa shape index (κ1) is 15.6. The van der Waals surface area contributed by atoms with Crippen molar-refractivity contribution < 1.29 is 9.21 Å². The van der Waals surface area contributed by atoms with E-state index in [1.54, 1.807) is 0 Å². The van der Waals surface area contributed by atoms with Gasteiger partial charge in [-0.15, -0.1) is 0 Å². The minimum atomic E-state index is -0.270. The van der Waals surface area contributed by atoms with E-state index in [0.717, 1.165) is 11.1 Å². The van der Waals surface area contributed by atoms with E-state index in [-0.39, 0.29) is 16.9 Å². The van der Waals surface area contributed by atoms with Gasteiger partial charge in [-0.05, 0) is 50.8 Å². The summed E-state index contributed by atoms with van der Waals surface area (Å²) in [5.74, 6) is 0.730. The molecule has 1 N–H and O–H groups in total. The van der Waals surface area contributed by atoms with Gasteiger partial charge in [0, 0.05) is 10.9 Å². The molecule has 0 aliphatic carbocycles. The van der Waals surface area contributed by atoms with E-state index >= 15 is 0 Å². The van der Waals surface area contributed by atoms with Crippen molar-refractivity contribution in [2.75, 3.05) is 0 Å². The number of amides is 1. The molecule has 3 heteroatoms. The third-order valence-electron chi connectivity index (χ3n) is 3.35. The lowest BCUT2D eigenvalue weighted by Gasteiger charge is -2.22. The largest absolute Gasteiger partial charge is 0.461 e. The maximum atomic E-state index is 12.5. The maximum absolute atomic E-state index is 12.5. The lowest BCUT2D eigenvalue weighted by atomic mass is 9.84. The standard InChI is InChI=1S/C18H25NO2/c1-11-10-13-14(17(2,3)4)9-8-12(15(13)21-11)16(20)19-18(5,6)7/h8-10H,1-7H3,(H,19,20). The molecule has 0 spiro atoms. The summed E-state index contributed by atoms with van der Waals surface area (Å²) >= 11 is 0. The van der Waals surface area contributed by atoms with Crippen molar-refractivity contribution in [3.05, 3.63) is 35.1 Å². The van der Waals surface area contributed by atoms with E-state index in [2.05, 4.69) is 26.1 Å². The topological polar surface area (TPSA) is 42.2 Å². The molecule has 0 aliphatic heterocycles. The lowest BCUT2D eigenvalue weighted by Crippen LogP contribution is -2.40. The van der Waals surface area contributed by atoms with E-state index in [9.17, 15) is 4.79 Å². The molecule has 2 aromatic rings. The van der Waals surface area contributed by atoms with Crippen molar-refractivity contribution in [1.82, 2.24) is 5.32 Å². The lowest BCUT2D eigenvalue weighted by molar-refractivity contribution is 0.0920. The number of furan rings is 1. The van der Waals surface area contributed by atoms with Crippen molar-refractivity contribution in [3.8, 4) is 0 Å². The molecule has 0 bridgehead atoms. The number of hydrogen-bond donors (Lipinski definition) is 1. The van der Waals surface area contributed by atoms with Gasteiger partial charge >= 0.3 is 0 Å². The summed E-state index contributed by atoms with van der Waals surface area (Å²) in [6.45, 7) is 14.3. The molecule has 0 saturated heterocycles. The van der Waals surface area contributed by atoms with Crippen molar-refractivity contribution in [3.63, 3.8) is 0 Å². The average Bonchev–Trinajstić information content (AvgIpc) is 2.64. The highest BCUT2D eigenvalue weighted by atomic mass is 16.3. The van der Waals surface area contributed by atoms with Crippen molar-refractivity contribution in [1.29, 1.82) is 0 Å². The summed E-state index contributed by atoms with van der Waals surface area (Å²) in [5, 5.41) is 4.03. The Morgan fingerprint density at radius 2 is 1.71 bits per heavy atom. The van der Waals surface area contributed by atoms with Crippen LogP contribution in [0.3, 0.4) is 0 Å². The van der Waals surface area contributed by atoms with Crippen LogP contribution in [0.25, 0.3) is 11.0 Å². The number of aryl methyl sites for hydroxylation is 1. The zero-order valence-corrected chi connectivity index (χ0v) is 14.0. The summed E-state index contributed by atoms with van der Waals surface area (Å²) in [4.78, 5) is 12.5. The Labute approximate surface area is 126 Å². The predicted octanol–water partition coefficient (Wildman–Crippen LogP) is 4.57. The van der Waals surface area contributed by atoms with Gasteiger partial charge in [0.2, 0.25) is 0 Å². The molecule has 3 nitrogen and oxygen atoms in total. The predicted molar refractivity (Wildman–Crippen MR) is 86.9 cm³/mol. The smallest absolute Gasteiger partial charge is 0.255 e. The average molecular weight is 287 g/mol. The summed E-state index contributed by atoms with van der Waals surface area (Å²) in [7, 11) is 0. The molecule has 0 saturated carbocycles. The molecule has 1 aromatic heterocycles. The van der Waals surface area contributed by atoms with Gasteiger partial charge in [0.1, 0.15) is 11.3 Å². The first-order valence-electron chi connectivity index (χ1n) is 7.35. The molecule has 1 heterocycles. The highest BCUT2D eigenvalue weighted by molar-refractivity contribution is 6.06. The Bertz CT molecular complexity index is 682. The van der Waals surface area contributed by atoms with Crippen LogP contribution in [0.5, 0.6) is 0 Å². The Kier molecular flexibility index (Phi) is 3.64. The minimum absolute atomic E-state index is 0.00754. The fourth-order valence-corrected chi connectivity index (χ4v) is 2.49. The van der Waals surface area contributed by atoms with E-state index in [1.165, 1.54) is 5.56 Å². The number of hydrogen-bond acceptors (Lipinski definition) is 2. The maximum Gasteiger partial charge on any atom is 0.255 e. The molecule has 1 amide bonds.